The van der Waals surface area contributed by atoms with Crippen LogP contribution in [-0.2, 0) is 0 Å². The van der Waals surface area contributed by atoms with Crippen molar-refractivity contribution in [2.75, 3.05) is 19.6 Å². The van der Waals surface area contributed by atoms with E-state index in [1.807, 2.05) is 0 Å². The van der Waals surface area contributed by atoms with Crippen molar-refractivity contribution in [2.24, 2.45) is 5.41 Å². The van der Waals surface area contributed by atoms with E-state index in [1.165, 1.54) is 19.3 Å². The molecule has 15 heavy (non-hydrogen) atoms. The smallest absolute Gasteiger partial charge is 0.191 e. The van der Waals surface area contributed by atoms with Gasteiger partial charge in [-0.3, -0.25) is 5.41 Å². The molecule has 1 fully saturated rings. The number of nitrogens with one attached hydrogen (secondary N) is 2. The quantitative estimate of drug-likeness (QED) is 0.427. The van der Waals surface area contributed by atoms with E-state index in [0.29, 0.717) is 11.4 Å². The van der Waals surface area contributed by atoms with Gasteiger partial charge in [0.05, 0.1) is 0 Å². The van der Waals surface area contributed by atoms with Crippen LogP contribution in [0.5, 0.6) is 0 Å². The van der Waals surface area contributed by atoms with Crippen LogP contribution in [0.2, 0.25) is 0 Å². The van der Waals surface area contributed by atoms with Gasteiger partial charge in [-0.1, -0.05) is 20.8 Å². The molecular weight excluding hydrogens is 186 g/mol. The first-order chi connectivity index (χ1) is 6.99. The van der Waals surface area contributed by atoms with Crippen LogP contribution in [0.15, 0.2) is 0 Å². The largest absolute Gasteiger partial charge is 0.356 e. The van der Waals surface area contributed by atoms with Crippen molar-refractivity contribution < 1.29 is 0 Å². The van der Waals surface area contributed by atoms with E-state index in [-0.39, 0.29) is 0 Å². The van der Waals surface area contributed by atoms with Gasteiger partial charge in [0.1, 0.15) is 0 Å². The summed E-state index contributed by atoms with van der Waals surface area (Å²) in [4.78, 5) is 2.14. The van der Waals surface area contributed by atoms with Gasteiger partial charge in [0.2, 0.25) is 0 Å². The summed E-state index contributed by atoms with van der Waals surface area (Å²) < 4.78 is 0. The molecule has 1 aliphatic rings. The first kappa shape index (κ1) is 12.3. The minimum absolute atomic E-state index is 0.414. The third kappa shape index (κ3) is 5.05. The maximum absolute atomic E-state index is 7.84. The molecule has 3 nitrogen and oxygen atoms in total. The Hall–Kier alpha value is -0.730. The van der Waals surface area contributed by atoms with E-state index in [9.17, 15) is 0 Å². The maximum atomic E-state index is 7.84. The lowest BCUT2D eigenvalue weighted by atomic mass is 9.91. The molecule has 3 heteroatoms. The summed E-state index contributed by atoms with van der Waals surface area (Å²) in [5, 5.41) is 11.0. The Morgan fingerprint density at radius 3 is 2.40 bits per heavy atom. The lowest BCUT2D eigenvalue weighted by Crippen LogP contribution is -2.39. The van der Waals surface area contributed by atoms with Gasteiger partial charge in [-0.05, 0) is 31.1 Å². The summed E-state index contributed by atoms with van der Waals surface area (Å²) in [6.45, 7) is 9.85. The summed E-state index contributed by atoms with van der Waals surface area (Å²) in [5.41, 5.74) is 0.414. The Kier molecular flexibility index (Phi) is 4.43. The van der Waals surface area contributed by atoms with E-state index in [4.69, 9.17) is 5.41 Å². The Labute approximate surface area is 93.7 Å². The Balaban J connectivity index is 2.07. The zero-order valence-corrected chi connectivity index (χ0v) is 10.4. The van der Waals surface area contributed by atoms with Gasteiger partial charge >= 0.3 is 0 Å². The highest BCUT2D eigenvalue weighted by Crippen LogP contribution is 2.19. The van der Waals surface area contributed by atoms with Crippen molar-refractivity contribution in [3.63, 3.8) is 0 Å². The molecule has 1 heterocycles. The Morgan fingerprint density at radius 2 is 1.87 bits per heavy atom. The van der Waals surface area contributed by atoms with Crippen LogP contribution in [0.1, 0.15) is 46.5 Å². The van der Waals surface area contributed by atoms with Crippen molar-refractivity contribution in [1.29, 1.82) is 5.41 Å². The fourth-order valence-electron chi connectivity index (χ4n) is 1.88. The summed E-state index contributed by atoms with van der Waals surface area (Å²) in [6, 6.07) is 0. The summed E-state index contributed by atoms with van der Waals surface area (Å²) in [5.74, 6) is 0.626. The zero-order chi connectivity index (χ0) is 11.3. The van der Waals surface area contributed by atoms with Crippen molar-refractivity contribution in [3.05, 3.63) is 0 Å². The molecule has 0 aromatic rings. The molecule has 0 aromatic heterocycles. The van der Waals surface area contributed by atoms with Gasteiger partial charge in [-0.2, -0.15) is 0 Å². The molecule has 0 atom stereocenters. The average molecular weight is 211 g/mol. The van der Waals surface area contributed by atoms with Crippen molar-refractivity contribution in [3.8, 4) is 0 Å². The molecular formula is C12H25N3. The normalized spacial score (nSPS) is 16.9. The standard InChI is InChI=1S/C12H25N3/c1-12(2,3)7-6-8-14-11(13)15-9-4-5-10-15/h4-10H2,1-3H3,(H2,13,14). The van der Waals surface area contributed by atoms with Gasteiger partial charge in [0.25, 0.3) is 0 Å². The number of hydrogen-bond acceptors (Lipinski definition) is 1. The van der Waals surface area contributed by atoms with E-state index in [1.54, 1.807) is 0 Å². The highest BCUT2D eigenvalue weighted by atomic mass is 15.3. The number of hydrogen-bond donors (Lipinski definition) is 2. The highest BCUT2D eigenvalue weighted by molar-refractivity contribution is 5.76. The van der Waals surface area contributed by atoms with E-state index < -0.39 is 0 Å². The minimum Gasteiger partial charge on any atom is -0.356 e. The second kappa shape index (κ2) is 5.38. The fourth-order valence-corrected chi connectivity index (χ4v) is 1.88. The molecule has 0 spiro atoms. The molecule has 2 N–H and O–H groups in total. The predicted molar refractivity (Wildman–Crippen MR) is 65.2 cm³/mol. The van der Waals surface area contributed by atoms with Crippen LogP contribution in [-0.4, -0.2) is 30.5 Å². The van der Waals surface area contributed by atoms with Gasteiger partial charge in [0, 0.05) is 19.6 Å². The molecule has 0 aromatic carbocycles. The molecule has 88 valence electrons. The summed E-state index contributed by atoms with van der Waals surface area (Å²) in [6.07, 6.45) is 4.85. The number of likely N-dealkylation sites (tertiary alicyclic amines) is 1. The Bertz CT molecular complexity index is 199. The van der Waals surface area contributed by atoms with Gasteiger partial charge in [0.15, 0.2) is 5.96 Å². The van der Waals surface area contributed by atoms with Gasteiger partial charge < -0.3 is 10.2 Å². The SMILES string of the molecule is CC(C)(C)CCCNC(=N)N1CCCC1. The minimum atomic E-state index is 0.414. The van der Waals surface area contributed by atoms with Crippen molar-refractivity contribution >= 4 is 5.96 Å². The van der Waals surface area contributed by atoms with Crippen LogP contribution in [0.25, 0.3) is 0 Å². The topological polar surface area (TPSA) is 39.1 Å². The molecule has 0 radical (unpaired) electrons. The number of nitrogens with zero attached hydrogens (tertiary/aromatic N) is 1. The summed E-state index contributed by atoms with van der Waals surface area (Å²) >= 11 is 0. The van der Waals surface area contributed by atoms with E-state index in [2.05, 4.69) is 31.0 Å². The van der Waals surface area contributed by atoms with Crippen LogP contribution >= 0.6 is 0 Å². The molecule has 0 aliphatic carbocycles. The molecule has 1 aliphatic heterocycles. The third-order valence-corrected chi connectivity index (χ3v) is 2.82. The lowest BCUT2D eigenvalue weighted by Gasteiger charge is -2.21. The van der Waals surface area contributed by atoms with Gasteiger partial charge in [-0.25, -0.2) is 0 Å². The zero-order valence-electron chi connectivity index (χ0n) is 10.4. The average Bonchev–Trinajstić information content (AvgIpc) is 2.63. The monoisotopic (exact) mass is 211 g/mol. The predicted octanol–water partition coefficient (Wildman–Crippen LogP) is 2.43. The molecule has 0 bridgehead atoms. The molecule has 0 unspecified atom stereocenters. The second-order valence-corrected chi connectivity index (χ2v) is 5.63. The van der Waals surface area contributed by atoms with E-state index in [0.717, 1.165) is 26.1 Å². The first-order valence-corrected chi connectivity index (χ1v) is 6.06. The lowest BCUT2D eigenvalue weighted by molar-refractivity contribution is 0.363. The molecule has 1 saturated heterocycles. The highest BCUT2D eigenvalue weighted by Gasteiger charge is 2.14. The van der Waals surface area contributed by atoms with E-state index >= 15 is 0 Å². The van der Waals surface area contributed by atoms with Crippen LogP contribution < -0.4 is 5.32 Å². The molecule has 0 saturated carbocycles. The number of guanidine groups is 1. The first-order valence-electron chi connectivity index (χ1n) is 6.06. The second-order valence-electron chi connectivity index (χ2n) is 5.63. The third-order valence-electron chi connectivity index (χ3n) is 2.82. The fraction of sp³-hybridized carbons (Fsp3) is 0.917. The molecule has 0 amide bonds. The maximum Gasteiger partial charge on any atom is 0.191 e. The van der Waals surface area contributed by atoms with Crippen molar-refractivity contribution in [1.82, 2.24) is 10.2 Å². The summed E-state index contributed by atoms with van der Waals surface area (Å²) in [7, 11) is 0. The van der Waals surface area contributed by atoms with Crippen LogP contribution in [0.4, 0.5) is 0 Å². The Morgan fingerprint density at radius 1 is 1.27 bits per heavy atom. The number of rotatable bonds is 3. The van der Waals surface area contributed by atoms with Crippen LogP contribution in [0.3, 0.4) is 0 Å². The van der Waals surface area contributed by atoms with Crippen LogP contribution in [0, 0.1) is 10.8 Å². The molecule has 1 rings (SSSR count). The van der Waals surface area contributed by atoms with Crippen molar-refractivity contribution in [2.45, 2.75) is 46.5 Å². The van der Waals surface area contributed by atoms with Gasteiger partial charge in [-0.15, -0.1) is 0 Å².